The lowest BCUT2D eigenvalue weighted by molar-refractivity contribution is 1.25. The largest absolute Gasteiger partial charge is 0.192 e. The Kier molecular flexibility index (Phi) is 3.27. The standard InChI is InChI=1S/C11H9BrN/c1-3-8(2)9-4-5-10(7-13)11(12)6-9/h3-6H,1H2,2H3. The minimum atomic E-state index is 0.653. The maximum atomic E-state index is 8.70. The molecule has 0 saturated carbocycles. The third-order valence-corrected chi connectivity index (χ3v) is 2.51. The van der Waals surface area contributed by atoms with Gasteiger partial charge in [-0.2, -0.15) is 5.26 Å². The summed E-state index contributed by atoms with van der Waals surface area (Å²) in [7, 11) is 0. The molecule has 1 nitrogen and oxygen atoms in total. The number of nitrogens with zero attached hydrogens (tertiary/aromatic N) is 1. The summed E-state index contributed by atoms with van der Waals surface area (Å²) in [4.78, 5) is 0. The molecule has 1 rings (SSSR count). The molecule has 1 aromatic rings. The zero-order chi connectivity index (χ0) is 9.84. The molecule has 13 heavy (non-hydrogen) atoms. The number of rotatable bonds is 2. The highest BCUT2D eigenvalue weighted by atomic mass is 79.9. The first kappa shape index (κ1) is 10.0. The molecule has 0 amide bonds. The summed E-state index contributed by atoms with van der Waals surface area (Å²) in [6.07, 6.45) is 1.80. The molecule has 0 fully saturated rings. The SMILES string of the molecule is C=C[C](C)c1ccc(C#N)c(Br)c1. The van der Waals surface area contributed by atoms with Gasteiger partial charge in [-0.3, -0.25) is 0 Å². The molecule has 0 aliphatic heterocycles. The molecule has 0 aromatic heterocycles. The van der Waals surface area contributed by atoms with Crippen LogP contribution in [0.3, 0.4) is 0 Å². The summed E-state index contributed by atoms with van der Waals surface area (Å²) in [6.45, 7) is 5.68. The second kappa shape index (κ2) is 4.25. The van der Waals surface area contributed by atoms with Crippen molar-refractivity contribution in [2.24, 2.45) is 0 Å². The molecule has 0 heterocycles. The molecule has 1 radical (unpaired) electrons. The Hall–Kier alpha value is -1.07. The van der Waals surface area contributed by atoms with Crippen molar-refractivity contribution in [1.82, 2.24) is 0 Å². The van der Waals surface area contributed by atoms with Crippen LogP contribution in [0.2, 0.25) is 0 Å². The Labute approximate surface area is 86.8 Å². The smallest absolute Gasteiger partial charge is 0.100 e. The second-order valence-corrected chi connectivity index (χ2v) is 3.55. The highest BCUT2D eigenvalue weighted by molar-refractivity contribution is 9.10. The zero-order valence-electron chi connectivity index (χ0n) is 7.34. The molecule has 0 unspecified atom stereocenters. The predicted octanol–water partition coefficient (Wildman–Crippen LogP) is 3.45. The lowest BCUT2D eigenvalue weighted by Gasteiger charge is -2.06. The predicted molar refractivity (Wildman–Crippen MR) is 57.1 cm³/mol. The molecule has 0 spiro atoms. The quantitative estimate of drug-likeness (QED) is 0.770. The minimum absolute atomic E-state index is 0.653. The van der Waals surface area contributed by atoms with Gasteiger partial charge in [0.1, 0.15) is 6.07 Å². The van der Waals surface area contributed by atoms with Crippen molar-refractivity contribution in [3.05, 3.63) is 52.4 Å². The number of hydrogen-bond acceptors (Lipinski definition) is 1. The Bertz CT molecular complexity index is 363. The molecule has 0 aliphatic rings. The molecule has 2 heteroatoms. The summed E-state index contributed by atoms with van der Waals surface area (Å²) >= 11 is 3.33. The molecule has 0 aliphatic carbocycles. The summed E-state index contributed by atoms with van der Waals surface area (Å²) in [5, 5.41) is 8.70. The molecule has 1 aromatic carbocycles. The van der Waals surface area contributed by atoms with E-state index in [1.807, 2.05) is 19.1 Å². The Balaban J connectivity index is 3.11. The minimum Gasteiger partial charge on any atom is -0.192 e. The first-order chi connectivity index (χ1) is 6.19. The first-order valence-electron chi connectivity index (χ1n) is 3.85. The van der Waals surface area contributed by atoms with Crippen molar-refractivity contribution in [2.45, 2.75) is 6.92 Å². The molecular formula is C11H9BrN. The van der Waals surface area contributed by atoms with Crippen LogP contribution in [0.15, 0.2) is 35.3 Å². The van der Waals surface area contributed by atoms with Gasteiger partial charge in [0.05, 0.1) is 5.56 Å². The monoisotopic (exact) mass is 234 g/mol. The molecule has 0 bridgehead atoms. The van der Waals surface area contributed by atoms with Gasteiger partial charge in [0.2, 0.25) is 0 Å². The van der Waals surface area contributed by atoms with Gasteiger partial charge in [-0.05, 0) is 33.6 Å². The highest BCUT2D eigenvalue weighted by Gasteiger charge is 2.04. The van der Waals surface area contributed by atoms with Crippen LogP contribution in [0.4, 0.5) is 0 Å². The molecule has 0 atom stereocenters. The van der Waals surface area contributed by atoms with Gasteiger partial charge < -0.3 is 0 Å². The molecule has 65 valence electrons. The highest BCUT2D eigenvalue weighted by Crippen LogP contribution is 2.22. The summed E-state index contributed by atoms with van der Waals surface area (Å²) in [5.74, 6) is 1.10. The number of halogens is 1. The Morgan fingerprint density at radius 1 is 1.62 bits per heavy atom. The number of allylic oxidation sites excluding steroid dienone is 1. The van der Waals surface area contributed by atoms with E-state index in [4.69, 9.17) is 5.26 Å². The summed E-state index contributed by atoms with van der Waals surface area (Å²) < 4.78 is 0.828. The van der Waals surface area contributed by atoms with Crippen LogP contribution in [0.25, 0.3) is 0 Å². The van der Waals surface area contributed by atoms with Crippen LogP contribution < -0.4 is 0 Å². The van der Waals surface area contributed by atoms with E-state index in [2.05, 4.69) is 28.6 Å². The van der Waals surface area contributed by atoms with E-state index >= 15 is 0 Å². The third-order valence-electron chi connectivity index (χ3n) is 1.85. The van der Waals surface area contributed by atoms with Crippen LogP contribution in [-0.2, 0) is 0 Å². The lowest BCUT2D eigenvalue weighted by atomic mass is 10.0. The van der Waals surface area contributed by atoms with Gasteiger partial charge in [0.25, 0.3) is 0 Å². The van der Waals surface area contributed by atoms with E-state index in [-0.39, 0.29) is 0 Å². The van der Waals surface area contributed by atoms with E-state index in [1.54, 1.807) is 12.1 Å². The van der Waals surface area contributed by atoms with Crippen molar-refractivity contribution in [3.8, 4) is 6.07 Å². The average molecular weight is 235 g/mol. The van der Waals surface area contributed by atoms with Crippen LogP contribution >= 0.6 is 15.9 Å². The van der Waals surface area contributed by atoms with Crippen LogP contribution in [-0.4, -0.2) is 0 Å². The fourth-order valence-electron chi connectivity index (χ4n) is 0.969. The second-order valence-electron chi connectivity index (χ2n) is 2.69. The number of hydrogen-bond donors (Lipinski definition) is 0. The fourth-order valence-corrected chi connectivity index (χ4v) is 1.44. The van der Waals surface area contributed by atoms with Crippen molar-refractivity contribution >= 4 is 15.9 Å². The molecule has 0 N–H and O–H groups in total. The van der Waals surface area contributed by atoms with Crippen LogP contribution in [0.5, 0.6) is 0 Å². The summed E-state index contributed by atoms with van der Waals surface area (Å²) in [6, 6.07) is 7.74. The van der Waals surface area contributed by atoms with Gasteiger partial charge in [0, 0.05) is 10.4 Å². The average Bonchev–Trinajstić information content (AvgIpc) is 2.16. The van der Waals surface area contributed by atoms with E-state index in [0.29, 0.717) is 5.56 Å². The Morgan fingerprint density at radius 3 is 2.77 bits per heavy atom. The topological polar surface area (TPSA) is 23.8 Å². The van der Waals surface area contributed by atoms with E-state index in [0.717, 1.165) is 16.0 Å². The van der Waals surface area contributed by atoms with Crippen molar-refractivity contribution < 1.29 is 0 Å². The van der Waals surface area contributed by atoms with Gasteiger partial charge in [0.15, 0.2) is 0 Å². The molecule has 0 saturated heterocycles. The van der Waals surface area contributed by atoms with Gasteiger partial charge >= 0.3 is 0 Å². The number of benzene rings is 1. The maximum Gasteiger partial charge on any atom is 0.100 e. The van der Waals surface area contributed by atoms with E-state index in [9.17, 15) is 0 Å². The maximum absolute atomic E-state index is 8.70. The first-order valence-corrected chi connectivity index (χ1v) is 4.64. The van der Waals surface area contributed by atoms with Crippen molar-refractivity contribution in [3.63, 3.8) is 0 Å². The van der Waals surface area contributed by atoms with E-state index < -0.39 is 0 Å². The van der Waals surface area contributed by atoms with Crippen LogP contribution in [0.1, 0.15) is 18.1 Å². The Morgan fingerprint density at radius 2 is 2.31 bits per heavy atom. The van der Waals surface area contributed by atoms with E-state index in [1.165, 1.54) is 0 Å². The lowest BCUT2D eigenvalue weighted by Crippen LogP contribution is -1.90. The van der Waals surface area contributed by atoms with Gasteiger partial charge in [-0.1, -0.05) is 19.1 Å². The molecular weight excluding hydrogens is 226 g/mol. The fraction of sp³-hybridized carbons (Fsp3) is 0.0909. The van der Waals surface area contributed by atoms with Crippen LogP contribution in [0, 0.1) is 17.2 Å². The summed E-state index contributed by atoms with van der Waals surface area (Å²) in [5.41, 5.74) is 1.74. The van der Waals surface area contributed by atoms with Gasteiger partial charge in [-0.25, -0.2) is 0 Å². The number of nitriles is 1. The van der Waals surface area contributed by atoms with Crippen molar-refractivity contribution in [2.75, 3.05) is 0 Å². The van der Waals surface area contributed by atoms with Gasteiger partial charge in [-0.15, -0.1) is 6.58 Å². The van der Waals surface area contributed by atoms with Crippen molar-refractivity contribution in [1.29, 1.82) is 5.26 Å². The normalized spacial score (nSPS) is 9.69. The third kappa shape index (κ3) is 2.19. The zero-order valence-corrected chi connectivity index (χ0v) is 8.93.